The maximum atomic E-state index is 13.5. The van der Waals surface area contributed by atoms with Crippen LogP contribution in [0.2, 0.25) is 0 Å². The van der Waals surface area contributed by atoms with Crippen LogP contribution >= 0.6 is 0 Å². The summed E-state index contributed by atoms with van der Waals surface area (Å²) in [7, 11) is 1.82. The first-order valence-corrected chi connectivity index (χ1v) is 11.6. The number of hydrogen-bond donors (Lipinski definition) is 1. The Bertz CT molecular complexity index is 1300. The number of imidazole rings is 1. The van der Waals surface area contributed by atoms with Gasteiger partial charge in [-0.2, -0.15) is 0 Å². The lowest BCUT2D eigenvalue weighted by Crippen LogP contribution is -2.62. The van der Waals surface area contributed by atoms with Gasteiger partial charge in [0, 0.05) is 38.8 Å². The molecule has 8 nitrogen and oxygen atoms in total. The third kappa shape index (κ3) is 3.86. The zero-order valence-corrected chi connectivity index (χ0v) is 19.6. The fraction of sp³-hybridized carbons (Fsp3) is 0.308. The van der Waals surface area contributed by atoms with Crippen LogP contribution in [0.5, 0.6) is 0 Å². The Balaban J connectivity index is 1.37. The molecule has 0 radical (unpaired) electrons. The quantitative estimate of drug-likeness (QED) is 0.593. The molecule has 2 aliphatic heterocycles. The number of amides is 3. The summed E-state index contributed by atoms with van der Waals surface area (Å²) in [5.41, 5.74) is 0.947. The summed E-state index contributed by atoms with van der Waals surface area (Å²) in [4.78, 5) is 46.9. The molecule has 3 amide bonds. The number of aromatic nitrogens is 2. The molecule has 0 saturated carbocycles. The number of nitrogens with zero attached hydrogens (tertiary/aromatic N) is 4. The molecule has 2 unspecified atom stereocenters. The molecule has 2 aliphatic rings. The number of para-hydroxylation sites is 1. The van der Waals surface area contributed by atoms with Gasteiger partial charge in [0.1, 0.15) is 23.3 Å². The van der Waals surface area contributed by atoms with Gasteiger partial charge in [0.2, 0.25) is 11.8 Å². The zero-order chi connectivity index (χ0) is 24.7. The SMILES string of the molecule is Cn1ccnc1C(NC(=O)CCN1C(=O)c2ccccc2N2C(=O)CCC12C)c1ccc(F)cc1. The van der Waals surface area contributed by atoms with E-state index in [1.165, 1.54) is 12.1 Å². The van der Waals surface area contributed by atoms with Crippen LogP contribution in [0.3, 0.4) is 0 Å². The van der Waals surface area contributed by atoms with Crippen LogP contribution < -0.4 is 10.2 Å². The minimum atomic E-state index is -0.821. The van der Waals surface area contributed by atoms with E-state index in [0.29, 0.717) is 35.5 Å². The van der Waals surface area contributed by atoms with Gasteiger partial charge in [0.15, 0.2) is 0 Å². The second kappa shape index (κ2) is 8.65. The van der Waals surface area contributed by atoms with Crippen molar-refractivity contribution in [2.75, 3.05) is 11.4 Å². The van der Waals surface area contributed by atoms with Gasteiger partial charge in [-0.3, -0.25) is 19.3 Å². The van der Waals surface area contributed by atoms with Crippen LogP contribution in [0, 0.1) is 5.82 Å². The fourth-order valence-electron chi connectivity index (χ4n) is 5.10. The Hall–Kier alpha value is -4.01. The van der Waals surface area contributed by atoms with E-state index in [1.54, 1.807) is 57.1 Å². The molecule has 2 atom stereocenters. The number of rotatable bonds is 6. The summed E-state index contributed by atoms with van der Waals surface area (Å²) in [5.74, 6) is -0.276. The average Bonchev–Trinajstić information content (AvgIpc) is 3.40. The van der Waals surface area contributed by atoms with E-state index in [2.05, 4.69) is 10.3 Å². The van der Waals surface area contributed by atoms with Gasteiger partial charge in [-0.05, 0) is 43.2 Å². The van der Waals surface area contributed by atoms with Crippen molar-refractivity contribution in [3.05, 3.63) is 83.7 Å². The zero-order valence-electron chi connectivity index (χ0n) is 19.6. The lowest BCUT2D eigenvalue weighted by atomic mass is 9.98. The fourth-order valence-corrected chi connectivity index (χ4v) is 5.10. The maximum Gasteiger partial charge on any atom is 0.257 e. The van der Waals surface area contributed by atoms with Crippen molar-refractivity contribution in [2.24, 2.45) is 7.05 Å². The molecule has 0 bridgehead atoms. The third-order valence-corrected chi connectivity index (χ3v) is 6.93. The predicted octanol–water partition coefficient (Wildman–Crippen LogP) is 3.15. The Labute approximate surface area is 202 Å². The highest BCUT2D eigenvalue weighted by molar-refractivity contribution is 6.10. The molecule has 1 fully saturated rings. The number of aryl methyl sites for hydroxylation is 1. The Morgan fingerprint density at radius 3 is 2.63 bits per heavy atom. The van der Waals surface area contributed by atoms with Gasteiger partial charge in [-0.1, -0.05) is 24.3 Å². The number of carbonyl (C=O) groups is 3. The molecule has 0 aliphatic carbocycles. The smallest absolute Gasteiger partial charge is 0.257 e. The molecule has 3 aromatic rings. The highest BCUT2D eigenvalue weighted by Crippen LogP contribution is 2.44. The minimum Gasteiger partial charge on any atom is -0.342 e. The maximum absolute atomic E-state index is 13.5. The van der Waals surface area contributed by atoms with Crippen LogP contribution in [0.1, 0.15) is 54.0 Å². The summed E-state index contributed by atoms with van der Waals surface area (Å²) in [6, 6.07) is 12.4. The van der Waals surface area contributed by atoms with Crippen LogP contribution in [0.4, 0.5) is 10.1 Å². The molecule has 1 saturated heterocycles. The highest BCUT2D eigenvalue weighted by Gasteiger charge is 2.52. The summed E-state index contributed by atoms with van der Waals surface area (Å²) in [6.45, 7) is 2.02. The highest BCUT2D eigenvalue weighted by atomic mass is 19.1. The molecule has 3 heterocycles. The Kier molecular flexibility index (Phi) is 5.62. The molecular weight excluding hydrogens is 449 g/mol. The lowest BCUT2D eigenvalue weighted by molar-refractivity contribution is -0.122. The number of hydrogen-bond acceptors (Lipinski definition) is 4. The van der Waals surface area contributed by atoms with Crippen LogP contribution in [0.15, 0.2) is 60.9 Å². The molecule has 180 valence electrons. The van der Waals surface area contributed by atoms with Crippen molar-refractivity contribution in [3.8, 4) is 0 Å². The summed E-state index contributed by atoms with van der Waals surface area (Å²) < 4.78 is 15.3. The number of halogens is 1. The minimum absolute atomic E-state index is 0.0342. The van der Waals surface area contributed by atoms with Crippen LogP contribution in [0.25, 0.3) is 0 Å². The number of nitrogens with one attached hydrogen (secondary N) is 1. The molecule has 9 heteroatoms. The summed E-state index contributed by atoms with van der Waals surface area (Å²) in [6.07, 6.45) is 4.28. The van der Waals surface area contributed by atoms with E-state index in [4.69, 9.17) is 0 Å². The van der Waals surface area contributed by atoms with Crippen molar-refractivity contribution in [3.63, 3.8) is 0 Å². The normalized spacial score (nSPS) is 20.0. The molecular formula is C26H26FN5O3. The van der Waals surface area contributed by atoms with Crippen molar-refractivity contribution in [2.45, 2.75) is 37.9 Å². The Morgan fingerprint density at radius 2 is 1.91 bits per heavy atom. The van der Waals surface area contributed by atoms with E-state index >= 15 is 0 Å². The van der Waals surface area contributed by atoms with Crippen LogP contribution in [-0.4, -0.2) is 44.4 Å². The molecule has 0 spiro atoms. The number of carbonyl (C=O) groups excluding carboxylic acids is 3. The lowest BCUT2D eigenvalue weighted by Gasteiger charge is -2.48. The molecule has 2 aromatic carbocycles. The number of fused-ring (bicyclic) bond motifs is 3. The van der Waals surface area contributed by atoms with Crippen LogP contribution in [-0.2, 0) is 16.6 Å². The largest absolute Gasteiger partial charge is 0.342 e. The average molecular weight is 476 g/mol. The van der Waals surface area contributed by atoms with Gasteiger partial charge in [0.25, 0.3) is 5.91 Å². The first kappa shape index (κ1) is 22.8. The monoisotopic (exact) mass is 475 g/mol. The first-order chi connectivity index (χ1) is 16.8. The first-order valence-electron chi connectivity index (χ1n) is 11.6. The summed E-state index contributed by atoms with van der Waals surface area (Å²) in [5, 5.41) is 2.99. The number of benzene rings is 2. The van der Waals surface area contributed by atoms with Gasteiger partial charge in [-0.15, -0.1) is 0 Å². The molecule has 1 N–H and O–H groups in total. The van der Waals surface area contributed by atoms with Gasteiger partial charge < -0.3 is 14.8 Å². The van der Waals surface area contributed by atoms with E-state index in [1.807, 2.05) is 20.0 Å². The van der Waals surface area contributed by atoms with E-state index in [0.717, 1.165) is 0 Å². The second-order valence-corrected chi connectivity index (χ2v) is 9.12. The van der Waals surface area contributed by atoms with Crippen molar-refractivity contribution < 1.29 is 18.8 Å². The van der Waals surface area contributed by atoms with Gasteiger partial charge in [0.05, 0.1) is 11.3 Å². The summed E-state index contributed by atoms with van der Waals surface area (Å²) >= 11 is 0. The third-order valence-electron chi connectivity index (χ3n) is 6.93. The van der Waals surface area contributed by atoms with E-state index < -0.39 is 11.7 Å². The predicted molar refractivity (Wildman–Crippen MR) is 127 cm³/mol. The molecule has 1 aromatic heterocycles. The molecule has 5 rings (SSSR count). The van der Waals surface area contributed by atoms with Gasteiger partial charge >= 0.3 is 0 Å². The molecule has 35 heavy (non-hydrogen) atoms. The second-order valence-electron chi connectivity index (χ2n) is 9.12. The van der Waals surface area contributed by atoms with E-state index in [9.17, 15) is 18.8 Å². The topological polar surface area (TPSA) is 87.5 Å². The van der Waals surface area contributed by atoms with Gasteiger partial charge in [-0.25, -0.2) is 9.37 Å². The van der Waals surface area contributed by atoms with E-state index in [-0.39, 0.29) is 36.5 Å². The van der Waals surface area contributed by atoms with Crippen molar-refractivity contribution >= 4 is 23.4 Å². The standard InChI is InChI=1S/C26H26FN5O3/c1-26-13-11-22(34)32(26)20-6-4-3-5-19(20)25(35)31(26)15-12-21(33)29-23(24-28-14-16-30(24)2)17-7-9-18(27)10-8-17/h3-10,14,16,23H,11-13,15H2,1-2H3,(H,29,33). The van der Waals surface area contributed by atoms with Crippen molar-refractivity contribution in [1.29, 1.82) is 0 Å². The van der Waals surface area contributed by atoms with Crippen molar-refractivity contribution in [1.82, 2.24) is 19.8 Å². The Morgan fingerprint density at radius 1 is 1.17 bits per heavy atom. The number of anilines is 1.